The fourth-order valence-electron chi connectivity index (χ4n) is 3.31. The van der Waals surface area contributed by atoms with Gasteiger partial charge < -0.3 is 29.4 Å². The maximum Gasteiger partial charge on any atom is 0.361 e. The second kappa shape index (κ2) is 11.2. The normalized spacial score (nSPS) is 11.4. The molecule has 0 bridgehead atoms. The minimum absolute atomic E-state index is 0.00117. The van der Waals surface area contributed by atoms with Crippen molar-refractivity contribution in [2.24, 2.45) is 0 Å². The molecule has 0 radical (unpaired) electrons. The minimum atomic E-state index is -1.19. The molecular weight excluding hydrogens is 472 g/mol. The van der Waals surface area contributed by atoms with Crippen LogP contribution in [0, 0.1) is 0 Å². The first kappa shape index (κ1) is 26.0. The number of ketones is 1. The zero-order valence-electron chi connectivity index (χ0n) is 20.4. The van der Waals surface area contributed by atoms with Gasteiger partial charge in [-0.1, -0.05) is 0 Å². The van der Waals surface area contributed by atoms with Gasteiger partial charge in [-0.05, 0) is 37.3 Å². The lowest BCUT2D eigenvalue weighted by molar-refractivity contribution is -0.149. The summed E-state index contributed by atoms with van der Waals surface area (Å²) in [4.78, 5) is 39.0. The number of carbonyl (C=O) groups is 3. The SMILES string of the molecule is CCOC(=O)c1nn(C(OC(C)=O)c2ccc(OC)cc2)nc1C(=O)c1cc(OC)c(OC)cc1N. The van der Waals surface area contributed by atoms with Crippen LogP contribution in [0.25, 0.3) is 0 Å². The number of ether oxygens (including phenoxy) is 5. The Bertz CT molecular complexity index is 1270. The highest BCUT2D eigenvalue weighted by Crippen LogP contribution is 2.33. The molecule has 3 rings (SSSR count). The lowest BCUT2D eigenvalue weighted by atomic mass is 10.0. The maximum absolute atomic E-state index is 13.5. The van der Waals surface area contributed by atoms with E-state index in [9.17, 15) is 14.4 Å². The van der Waals surface area contributed by atoms with Crippen molar-refractivity contribution < 1.29 is 38.1 Å². The van der Waals surface area contributed by atoms with Crippen LogP contribution in [-0.2, 0) is 14.3 Å². The number of esters is 2. The third-order valence-corrected chi connectivity index (χ3v) is 5.00. The summed E-state index contributed by atoms with van der Waals surface area (Å²) in [7, 11) is 4.34. The van der Waals surface area contributed by atoms with E-state index < -0.39 is 23.9 Å². The van der Waals surface area contributed by atoms with Gasteiger partial charge in [0.25, 0.3) is 0 Å². The number of carbonyl (C=O) groups excluding carboxylic acids is 3. The third-order valence-electron chi connectivity index (χ3n) is 5.00. The number of hydrogen-bond acceptors (Lipinski definition) is 11. The summed E-state index contributed by atoms with van der Waals surface area (Å²) in [5, 5.41) is 8.38. The number of rotatable bonds is 10. The Labute approximate surface area is 206 Å². The maximum atomic E-state index is 13.5. The largest absolute Gasteiger partial charge is 0.497 e. The Hall–Kier alpha value is -4.61. The Morgan fingerprint density at radius 3 is 2.11 bits per heavy atom. The number of methoxy groups -OCH3 is 3. The number of nitrogens with zero attached hydrogens (tertiary/aromatic N) is 3. The first-order chi connectivity index (χ1) is 17.2. The molecule has 12 nitrogen and oxygen atoms in total. The van der Waals surface area contributed by atoms with E-state index in [2.05, 4.69) is 10.2 Å². The van der Waals surface area contributed by atoms with Crippen molar-refractivity contribution in [3.63, 3.8) is 0 Å². The number of aromatic nitrogens is 3. The van der Waals surface area contributed by atoms with Crippen LogP contribution < -0.4 is 19.9 Å². The van der Waals surface area contributed by atoms with Crippen LogP contribution in [0.4, 0.5) is 5.69 Å². The fraction of sp³-hybridized carbons (Fsp3) is 0.292. The van der Waals surface area contributed by atoms with Crippen LogP contribution in [0.3, 0.4) is 0 Å². The molecule has 0 amide bonds. The van der Waals surface area contributed by atoms with Gasteiger partial charge in [0.15, 0.2) is 17.2 Å². The number of nitrogen functional groups attached to an aromatic ring is 1. The molecule has 1 atom stereocenters. The van der Waals surface area contributed by atoms with Crippen molar-refractivity contribution in [1.29, 1.82) is 0 Å². The van der Waals surface area contributed by atoms with E-state index in [1.165, 1.54) is 40.4 Å². The predicted octanol–water partition coefficient (Wildman–Crippen LogP) is 2.40. The van der Waals surface area contributed by atoms with E-state index in [-0.39, 0.29) is 35.0 Å². The highest BCUT2D eigenvalue weighted by molar-refractivity contribution is 6.15. The molecule has 3 aromatic rings. The van der Waals surface area contributed by atoms with E-state index in [1.54, 1.807) is 31.2 Å². The molecule has 0 aliphatic carbocycles. The van der Waals surface area contributed by atoms with Crippen molar-refractivity contribution >= 4 is 23.4 Å². The summed E-state index contributed by atoms with van der Waals surface area (Å²) >= 11 is 0. The molecule has 1 heterocycles. The van der Waals surface area contributed by atoms with Crippen LogP contribution in [0.1, 0.15) is 52.2 Å². The highest BCUT2D eigenvalue weighted by Gasteiger charge is 2.31. The second-order valence-corrected chi connectivity index (χ2v) is 7.30. The van der Waals surface area contributed by atoms with E-state index in [0.717, 1.165) is 4.80 Å². The molecular formula is C24H26N4O8. The van der Waals surface area contributed by atoms with Crippen LogP contribution in [0.5, 0.6) is 17.2 Å². The van der Waals surface area contributed by atoms with Gasteiger partial charge >= 0.3 is 11.9 Å². The summed E-state index contributed by atoms with van der Waals surface area (Å²) in [6.07, 6.45) is -1.19. The van der Waals surface area contributed by atoms with Gasteiger partial charge in [0.1, 0.15) is 5.75 Å². The number of nitrogens with two attached hydrogens (primary N) is 1. The number of hydrogen-bond donors (Lipinski definition) is 1. The Balaban J connectivity index is 2.16. The molecule has 0 spiro atoms. The Morgan fingerprint density at radius 2 is 1.56 bits per heavy atom. The standard InChI is InChI=1S/C24H26N4O8/c1-6-35-24(31)21-20(22(30)16-11-18(33-4)19(34-5)12-17(16)25)26-28(27-21)23(36-13(2)29)14-7-9-15(32-3)10-8-14/h7-12,23H,6,25H2,1-5H3. The van der Waals surface area contributed by atoms with Crippen LogP contribution in [0.15, 0.2) is 36.4 Å². The van der Waals surface area contributed by atoms with Gasteiger partial charge in [-0.15, -0.1) is 15.0 Å². The highest BCUT2D eigenvalue weighted by atomic mass is 16.6. The molecule has 0 aliphatic heterocycles. The zero-order valence-corrected chi connectivity index (χ0v) is 20.4. The summed E-state index contributed by atoms with van der Waals surface area (Å²) in [5.41, 5.74) is 5.89. The van der Waals surface area contributed by atoms with Crippen LogP contribution in [-0.4, -0.2) is 60.7 Å². The molecule has 190 valence electrons. The molecule has 0 saturated carbocycles. The lowest BCUT2D eigenvalue weighted by Gasteiger charge is -2.16. The number of anilines is 1. The molecule has 1 unspecified atom stereocenters. The average Bonchev–Trinajstić information content (AvgIpc) is 3.32. The third kappa shape index (κ3) is 5.37. The van der Waals surface area contributed by atoms with Crippen molar-refractivity contribution in [2.75, 3.05) is 33.7 Å². The van der Waals surface area contributed by atoms with Crippen molar-refractivity contribution in [1.82, 2.24) is 15.0 Å². The zero-order chi connectivity index (χ0) is 26.4. The van der Waals surface area contributed by atoms with E-state index >= 15 is 0 Å². The molecule has 0 fully saturated rings. The molecule has 36 heavy (non-hydrogen) atoms. The monoisotopic (exact) mass is 498 g/mol. The quantitative estimate of drug-likeness (QED) is 0.249. The smallest absolute Gasteiger partial charge is 0.361 e. The van der Waals surface area contributed by atoms with Gasteiger partial charge in [0.05, 0.1) is 33.5 Å². The number of benzene rings is 2. The van der Waals surface area contributed by atoms with Crippen molar-refractivity contribution in [3.8, 4) is 17.2 Å². The molecule has 12 heteroatoms. The van der Waals surface area contributed by atoms with E-state index in [1.807, 2.05) is 0 Å². The van der Waals surface area contributed by atoms with E-state index in [0.29, 0.717) is 17.1 Å². The first-order valence-corrected chi connectivity index (χ1v) is 10.7. The first-order valence-electron chi connectivity index (χ1n) is 10.7. The average molecular weight is 498 g/mol. The van der Waals surface area contributed by atoms with Gasteiger partial charge in [-0.25, -0.2) is 4.79 Å². The Morgan fingerprint density at radius 1 is 0.944 bits per heavy atom. The Kier molecular flexibility index (Phi) is 8.10. The van der Waals surface area contributed by atoms with Gasteiger partial charge in [0.2, 0.25) is 17.7 Å². The molecule has 1 aromatic heterocycles. The van der Waals surface area contributed by atoms with Gasteiger partial charge in [-0.2, -0.15) is 0 Å². The lowest BCUT2D eigenvalue weighted by Crippen LogP contribution is -2.20. The summed E-state index contributed by atoms with van der Waals surface area (Å²) in [5.74, 6) is -1.11. The van der Waals surface area contributed by atoms with Gasteiger partial charge in [0, 0.05) is 24.2 Å². The topological polar surface area (TPSA) is 154 Å². The van der Waals surface area contributed by atoms with Crippen molar-refractivity contribution in [2.45, 2.75) is 20.1 Å². The second-order valence-electron chi connectivity index (χ2n) is 7.30. The molecule has 0 saturated heterocycles. The summed E-state index contributed by atoms with van der Waals surface area (Å²) < 4.78 is 26.1. The molecule has 0 aliphatic rings. The van der Waals surface area contributed by atoms with Crippen LogP contribution in [0.2, 0.25) is 0 Å². The minimum Gasteiger partial charge on any atom is -0.497 e. The summed E-state index contributed by atoms with van der Waals surface area (Å²) in [6.45, 7) is 2.85. The predicted molar refractivity (Wildman–Crippen MR) is 126 cm³/mol. The molecule has 2 aromatic carbocycles. The summed E-state index contributed by atoms with van der Waals surface area (Å²) in [6, 6.07) is 9.36. The fourth-order valence-corrected chi connectivity index (χ4v) is 3.31. The van der Waals surface area contributed by atoms with E-state index in [4.69, 9.17) is 29.4 Å². The van der Waals surface area contributed by atoms with Crippen LogP contribution >= 0.6 is 0 Å². The van der Waals surface area contributed by atoms with Crippen molar-refractivity contribution in [3.05, 3.63) is 58.9 Å². The molecule has 2 N–H and O–H groups in total. The van der Waals surface area contributed by atoms with Gasteiger partial charge in [-0.3, -0.25) is 9.59 Å².